The summed E-state index contributed by atoms with van der Waals surface area (Å²) in [6.45, 7) is 1.98. The van der Waals surface area contributed by atoms with Crippen LogP contribution in [0.5, 0.6) is 0 Å². The van der Waals surface area contributed by atoms with Crippen LogP contribution >= 0.6 is 0 Å². The number of hydrogen-bond acceptors (Lipinski definition) is 1. The van der Waals surface area contributed by atoms with E-state index in [4.69, 9.17) is 0 Å². The summed E-state index contributed by atoms with van der Waals surface area (Å²) in [4.78, 5) is 11.3. The summed E-state index contributed by atoms with van der Waals surface area (Å²) in [6.07, 6.45) is 8.29. The van der Waals surface area contributed by atoms with Gasteiger partial charge in [-0.1, -0.05) is 32.6 Å². The van der Waals surface area contributed by atoms with Gasteiger partial charge < -0.3 is 0 Å². The summed E-state index contributed by atoms with van der Waals surface area (Å²) < 4.78 is 0. The van der Waals surface area contributed by atoms with Crippen LogP contribution in [0, 0.1) is 5.92 Å². The van der Waals surface area contributed by atoms with Crippen LogP contribution in [0.15, 0.2) is 0 Å². The van der Waals surface area contributed by atoms with Gasteiger partial charge in [0.25, 0.3) is 0 Å². The lowest BCUT2D eigenvalue weighted by molar-refractivity contribution is -0.122. The maximum absolute atomic E-state index is 11.3. The van der Waals surface area contributed by atoms with Crippen molar-refractivity contribution in [1.82, 2.24) is 0 Å². The molecule has 1 fully saturated rings. The summed E-state index contributed by atoms with van der Waals surface area (Å²) in [5.41, 5.74) is 0. The molecule has 0 heterocycles. The van der Waals surface area contributed by atoms with E-state index in [-0.39, 0.29) is 0 Å². The minimum absolute atomic E-state index is 0.419. The van der Waals surface area contributed by atoms with E-state index >= 15 is 0 Å². The van der Waals surface area contributed by atoms with Gasteiger partial charge in [0, 0.05) is 12.3 Å². The molecule has 0 amide bonds. The third kappa shape index (κ3) is 2.64. The van der Waals surface area contributed by atoms with Gasteiger partial charge in [0.2, 0.25) is 0 Å². The monoisotopic (exact) mass is 154 g/mol. The number of Topliss-reactive ketones (excluding diaryl/α,β-unsaturated/α-hetero) is 1. The Hall–Kier alpha value is -0.330. The highest BCUT2D eigenvalue weighted by Crippen LogP contribution is 2.24. The Balaban J connectivity index is 2.36. The minimum Gasteiger partial charge on any atom is -0.299 e. The normalized spacial score (nSPS) is 21.2. The first-order chi connectivity index (χ1) is 5.34. The van der Waals surface area contributed by atoms with E-state index in [1.54, 1.807) is 0 Å². The molecule has 0 aliphatic heterocycles. The average Bonchev–Trinajstić information content (AvgIpc) is 2.30. The van der Waals surface area contributed by atoms with E-state index < -0.39 is 0 Å². The summed E-state index contributed by atoms with van der Waals surface area (Å²) in [5.74, 6) is 0.911. The Bertz CT molecular complexity index is 121. The highest BCUT2D eigenvalue weighted by atomic mass is 16.1. The van der Waals surface area contributed by atoms with E-state index in [0.717, 1.165) is 19.3 Å². The lowest BCUT2D eigenvalue weighted by Crippen LogP contribution is -2.11. The molecule has 1 heteroatoms. The Labute approximate surface area is 69.2 Å². The third-order valence-electron chi connectivity index (χ3n) is 2.66. The lowest BCUT2D eigenvalue weighted by atomic mass is 9.94. The summed E-state index contributed by atoms with van der Waals surface area (Å²) in [6, 6.07) is 0. The molecule has 0 aromatic carbocycles. The zero-order valence-electron chi connectivity index (χ0n) is 7.44. The van der Waals surface area contributed by atoms with Gasteiger partial charge in [0.1, 0.15) is 5.78 Å². The number of rotatable bonds is 2. The quantitative estimate of drug-likeness (QED) is 0.559. The second-order valence-corrected chi connectivity index (χ2v) is 3.51. The molecule has 0 unspecified atom stereocenters. The molecule has 0 bridgehead atoms. The molecule has 1 rings (SSSR count). The number of carbonyl (C=O) groups excluding carboxylic acids is 1. The zero-order valence-corrected chi connectivity index (χ0v) is 7.44. The summed E-state index contributed by atoms with van der Waals surface area (Å²) in [7, 11) is 0. The molecule has 0 N–H and O–H groups in total. The van der Waals surface area contributed by atoms with E-state index in [1.807, 2.05) is 6.92 Å². The fraction of sp³-hybridized carbons (Fsp3) is 0.900. The highest BCUT2D eigenvalue weighted by molar-refractivity contribution is 5.80. The fourth-order valence-corrected chi connectivity index (χ4v) is 1.89. The first-order valence-electron chi connectivity index (χ1n) is 4.87. The second-order valence-electron chi connectivity index (χ2n) is 3.51. The molecule has 11 heavy (non-hydrogen) atoms. The van der Waals surface area contributed by atoms with Crippen molar-refractivity contribution in [1.29, 1.82) is 0 Å². The minimum atomic E-state index is 0.419. The van der Waals surface area contributed by atoms with Crippen molar-refractivity contribution in [2.75, 3.05) is 0 Å². The first kappa shape index (κ1) is 8.76. The number of ketones is 1. The smallest absolute Gasteiger partial charge is 0.135 e. The second kappa shape index (κ2) is 4.53. The van der Waals surface area contributed by atoms with Gasteiger partial charge in [-0.3, -0.25) is 4.79 Å². The predicted molar refractivity (Wildman–Crippen MR) is 46.5 cm³/mol. The Morgan fingerprint density at radius 2 is 1.73 bits per heavy atom. The van der Waals surface area contributed by atoms with Gasteiger partial charge in [0.15, 0.2) is 0 Å². The van der Waals surface area contributed by atoms with Crippen molar-refractivity contribution in [2.45, 2.75) is 51.9 Å². The SMILES string of the molecule is CCC(=O)C1CCCCCC1. The summed E-state index contributed by atoms with van der Waals surface area (Å²) >= 11 is 0. The molecular formula is C10H18O. The highest BCUT2D eigenvalue weighted by Gasteiger charge is 2.17. The van der Waals surface area contributed by atoms with Crippen molar-refractivity contribution in [3.05, 3.63) is 0 Å². The van der Waals surface area contributed by atoms with Gasteiger partial charge in [-0.05, 0) is 12.8 Å². The molecular weight excluding hydrogens is 136 g/mol. The molecule has 0 radical (unpaired) electrons. The molecule has 1 saturated carbocycles. The van der Waals surface area contributed by atoms with E-state index in [0.29, 0.717) is 11.7 Å². The molecule has 0 aromatic rings. The van der Waals surface area contributed by atoms with Gasteiger partial charge in [-0.2, -0.15) is 0 Å². The molecule has 0 atom stereocenters. The molecule has 0 aromatic heterocycles. The van der Waals surface area contributed by atoms with Gasteiger partial charge in [-0.25, -0.2) is 0 Å². The van der Waals surface area contributed by atoms with Gasteiger partial charge in [0.05, 0.1) is 0 Å². The van der Waals surface area contributed by atoms with Crippen molar-refractivity contribution < 1.29 is 4.79 Å². The van der Waals surface area contributed by atoms with Gasteiger partial charge in [-0.15, -0.1) is 0 Å². The predicted octanol–water partition coefficient (Wildman–Crippen LogP) is 2.94. The van der Waals surface area contributed by atoms with E-state index in [9.17, 15) is 4.79 Å². The molecule has 1 aliphatic rings. The molecule has 0 saturated heterocycles. The van der Waals surface area contributed by atoms with Gasteiger partial charge >= 0.3 is 0 Å². The number of carbonyl (C=O) groups is 1. The van der Waals surface area contributed by atoms with Crippen LogP contribution in [0.1, 0.15) is 51.9 Å². The van der Waals surface area contributed by atoms with Crippen molar-refractivity contribution >= 4 is 5.78 Å². The largest absolute Gasteiger partial charge is 0.299 e. The number of hydrogen-bond donors (Lipinski definition) is 0. The summed E-state index contributed by atoms with van der Waals surface area (Å²) in [5, 5.41) is 0. The topological polar surface area (TPSA) is 17.1 Å². The van der Waals surface area contributed by atoms with Crippen molar-refractivity contribution in [2.24, 2.45) is 5.92 Å². The molecule has 1 nitrogen and oxygen atoms in total. The van der Waals surface area contributed by atoms with Crippen LogP contribution in [0.2, 0.25) is 0 Å². The Kier molecular flexibility index (Phi) is 3.61. The maximum atomic E-state index is 11.3. The van der Waals surface area contributed by atoms with Crippen molar-refractivity contribution in [3.8, 4) is 0 Å². The molecule has 0 spiro atoms. The van der Waals surface area contributed by atoms with Crippen LogP contribution in [0.25, 0.3) is 0 Å². The Morgan fingerprint density at radius 3 is 2.18 bits per heavy atom. The van der Waals surface area contributed by atoms with Crippen LogP contribution in [0.3, 0.4) is 0 Å². The van der Waals surface area contributed by atoms with E-state index in [2.05, 4.69) is 0 Å². The zero-order chi connectivity index (χ0) is 8.10. The van der Waals surface area contributed by atoms with Crippen molar-refractivity contribution in [3.63, 3.8) is 0 Å². The van der Waals surface area contributed by atoms with Crippen LogP contribution in [-0.4, -0.2) is 5.78 Å². The average molecular weight is 154 g/mol. The fourth-order valence-electron chi connectivity index (χ4n) is 1.89. The Morgan fingerprint density at radius 1 is 1.18 bits per heavy atom. The lowest BCUT2D eigenvalue weighted by Gasteiger charge is -2.09. The maximum Gasteiger partial charge on any atom is 0.135 e. The molecule has 64 valence electrons. The van der Waals surface area contributed by atoms with Crippen LogP contribution in [0.4, 0.5) is 0 Å². The van der Waals surface area contributed by atoms with Crippen LogP contribution in [-0.2, 0) is 4.79 Å². The molecule has 1 aliphatic carbocycles. The third-order valence-corrected chi connectivity index (χ3v) is 2.66. The standard InChI is InChI=1S/C10H18O/c1-2-10(11)9-7-5-3-4-6-8-9/h9H,2-8H2,1H3. The first-order valence-corrected chi connectivity index (χ1v) is 4.87. The van der Waals surface area contributed by atoms with E-state index in [1.165, 1.54) is 25.7 Å². The van der Waals surface area contributed by atoms with Crippen LogP contribution < -0.4 is 0 Å².